The monoisotopic (exact) mass is 312 g/mol. The first-order chi connectivity index (χ1) is 11.3. The van der Waals surface area contributed by atoms with Gasteiger partial charge in [-0.2, -0.15) is 0 Å². The summed E-state index contributed by atoms with van der Waals surface area (Å²) >= 11 is 0. The highest BCUT2D eigenvalue weighted by Crippen LogP contribution is 2.31. The summed E-state index contributed by atoms with van der Waals surface area (Å²) in [4.78, 5) is 4.12. The van der Waals surface area contributed by atoms with Gasteiger partial charge in [-0.3, -0.25) is 4.98 Å². The van der Waals surface area contributed by atoms with Crippen molar-refractivity contribution in [2.75, 3.05) is 26.4 Å². The van der Waals surface area contributed by atoms with Crippen LogP contribution in [0.4, 0.5) is 0 Å². The van der Waals surface area contributed by atoms with Gasteiger partial charge in [0, 0.05) is 37.6 Å². The van der Waals surface area contributed by atoms with Crippen LogP contribution in [0.2, 0.25) is 0 Å². The summed E-state index contributed by atoms with van der Waals surface area (Å²) in [5.41, 5.74) is 2.32. The minimum Gasteiger partial charge on any atom is -0.396 e. The van der Waals surface area contributed by atoms with Gasteiger partial charge >= 0.3 is 0 Å². The van der Waals surface area contributed by atoms with E-state index in [2.05, 4.69) is 34.6 Å². The lowest BCUT2D eigenvalue weighted by atomic mass is 9.80. The Morgan fingerprint density at radius 1 is 1.04 bits per heavy atom. The van der Waals surface area contributed by atoms with Crippen LogP contribution in [-0.4, -0.2) is 36.5 Å². The number of pyridine rings is 1. The number of nitrogens with zero attached hydrogens (tertiary/aromatic N) is 1. The SMILES string of the molecule is OCC1(CN[C@@H](c2ccccc2)c2ccncc2)CCOCC1. The summed E-state index contributed by atoms with van der Waals surface area (Å²) < 4.78 is 5.46. The van der Waals surface area contributed by atoms with Crippen LogP contribution >= 0.6 is 0 Å². The molecule has 4 nitrogen and oxygen atoms in total. The molecule has 1 aromatic carbocycles. The van der Waals surface area contributed by atoms with Gasteiger partial charge in [-0.1, -0.05) is 30.3 Å². The molecule has 23 heavy (non-hydrogen) atoms. The zero-order valence-corrected chi connectivity index (χ0v) is 13.3. The Morgan fingerprint density at radius 3 is 2.35 bits per heavy atom. The van der Waals surface area contributed by atoms with Gasteiger partial charge in [-0.25, -0.2) is 0 Å². The molecule has 1 aliphatic heterocycles. The fraction of sp³-hybridized carbons (Fsp3) is 0.421. The Hall–Kier alpha value is -1.75. The highest BCUT2D eigenvalue weighted by atomic mass is 16.5. The smallest absolute Gasteiger partial charge is 0.0578 e. The molecule has 2 heterocycles. The van der Waals surface area contributed by atoms with Gasteiger partial charge < -0.3 is 15.2 Å². The second-order valence-corrected chi connectivity index (χ2v) is 6.28. The van der Waals surface area contributed by atoms with E-state index in [0.29, 0.717) is 0 Å². The highest BCUT2D eigenvalue weighted by molar-refractivity contribution is 5.30. The Bertz CT molecular complexity index is 543. The topological polar surface area (TPSA) is 54.4 Å². The molecule has 1 aliphatic rings. The van der Waals surface area contributed by atoms with Crippen molar-refractivity contribution in [2.45, 2.75) is 18.9 Å². The Morgan fingerprint density at radius 2 is 1.70 bits per heavy atom. The number of benzene rings is 1. The number of nitrogens with one attached hydrogen (secondary N) is 1. The van der Waals surface area contributed by atoms with Gasteiger partial charge in [-0.05, 0) is 36.1 Å². The van der Waals surface area contributed by atoms with Crippen LogP contribution in [0.1, 0.15) is 30.0 Å². The van der Waals surface area contributed by atoms with E-state index in [1.54, 1.807) is 0 Å². The molecule has 1 fully saturated rings. The maximum atomic E-state index is 9.89. The maximum absolute atomic E-state index is 9.89. The summed E-state index contributed by atoms with van der Waals surface area (Å²) in [6.45, 7) is 2.43. The van der Waals surface area contributed by atoms with E-state index in [1.807, 2.05) is 30.6 Å². The van der Waals surface area contributed by atoms with E-state index in [4.69, 9.17) is 4.74 Å². The molecule has 0 unspecified atom stereocenters. The number of aliphatic hydroxyl groups excluding tert-OH is 1. The van der Waals surface area contributed by atoms with E-state index in [9.17, 15) is 5.11 Å². The summed E-state index contributed by atoms with van der Waals surface area (Å²) in [5.74, 6) is 0. The van der Waals surface area contributed by atoms with Gasteiger partial charge in [0.05, 0.1) is 12.6 Å². The van der Waals surface area contributed by atoms with Crippen molar-refractivity contribution in [3.8, 4) is 0 Å². The van der Waals surface area contributed by atoms with Crippen LogP contribution < -0.4 is 5.32 Å². The predicted octanol–water partition coefficient (Wildman–Crippen LogP) is 2.55. The predicted molar refractivity (Wildman–Crippen MR) is 90.1 cm³/mol. The molecule has 0 saturated carbocycles. The minimum atomic E-state index is -0.0850. The summed E-state index contributed by atoms with van der Waals surface area (Å²) in [7, 11) is 0. The Labute approximate surface area is 137 Å². The number of aliphatic hydroxyl groups is 1. The minimum absolute atomic E-state index is 0.0850. The van der Waals surface area contributed by atoms with Crippen molar-refractivity contribution in [1.29, 1.82) is 0 Å². The fourth-order valence-corrected chi connectivity index (χ4v) is 3.14. The largest absolute Gasteiger partial charge is 0.396 e. The van der Waals surface area contributed by atoms with Gasteiger partial charge in [0.2, 0.25) is 0 Å². The van der Waals surface area contributed by atoms with Crippen LogP contribution in [-0.2, 0) is 4.74 Å². The van der Waals surface area contributed by atoms with Crippen LogP contribution in [0, 0.1) is 5.41 Å². The van der Waals surface area contributed by atoms with Crippen LogP contribution in [0.3, 0.4) is 0 Å². The van der Waals surface area contributed by atoms with Gasteiger partial charge in [0.1, 0.15) is 0 Å². The molecule has 0 radical (unpaired) electrons. The molecule has 122 valence electrons. The third-order valence-electron chi connectivity index (χ3n) is 4.74. The Balaban J connectivity index is 1.79. The molecule has 0 bridgehead atoms. The average Bonchev–Trinajstić information content (AvgIpc) is 2.64. The zero-order valence-electron chi connectivity index (χ0n) is 13.3. The van der Waals surface area contributed by atoms with Crippen LogP contribution in [0.15, 0.2) is 54.9 Å². The normalized spacial score (nSPS) is 18.5. The number of hydrogen-bond acceptors (Lipinski definition) is 4. The molecular weight excluding hydrogens is 288 g/mol. The van der Waals surface area contributed by atoms with E-state index in [1.165, 1.54) is 11.1 Å². The first kappa shape index (κ1) is 16.1. The molecule has 1 saturated heterocycles. The van der Waals surface area contributed by atoms with Crippen molar-refractivity contribution < 1.29 is 9.84 Å². The molecular formula is C19H24N2O2. The van der Waals surface area contributed by atoms with Crippen LogP contribution in [0.25, 0.3) is 0 Å². The van der Waals surface area contributed by atoms with Gasteiger partial charge in [0.25, 0.3) is 0 Å². The molecule has 3 rings (SSSR count). The lowest BCUT2D eigenvalue weighted by molar-refractivity contribution is -0.0160. The first-order valence-corrected chi connectivity index (χ1v) is 8.20. The molecule has 1 aromatic heterocycles. The third-order valence-corrected chi connectivity index (χ3v) is 4.74. The van der Waals surface area contributed by atoms with E-state index in [0.717, 1.165) is 32.6 Å². The second kappa shape index (κ2) is 7.68. The number of rotatable bonds is 6. The molecule has 0 aliphatic carbocycles. The lowest BCUT2D eigenvalue weighted by Crippen LogP contribution is -2.43. The van der Waals surface area contributed by atoms with Crippen molar-refractivity contribution >= 4 is 0 Å². The molecule has 0 spiro atoms. The maximum Gasteiger partial charge on any atom is 0.0578 e. The molecule has 2 N–H and O–H groups in total. The van der Waals surface area contributed by atoms with Crippen molar-refractivity contribution in [1.82, 2.24) is 10.3 Å². The summed E-state index contributed by atoms with van der Waals surface area (Å²) in [5, 5.41) is 13.6. The van der Waals surface area contributed by atoms with Crippen molar-refractivity contribution in [3.63, 3.8) is 0 Å². The van der Waals surface area contributed by atoms with E-state index < -0.39 is 0 Å². The molecule has 0 amide bonds. The Kier molecular flexibility index (Phi) is 5.39. The number of ether oxygens (including phenoxy) is 1. The van der Waals surface area contributed by atoms with E-state index in [-0.39, 0.29) is 18.1 Å². The number of aromatic nitrogens is 1. The van der Waals surface area contributed by atoms with E-state index >= 15 is 0 Å². The number of hydrogen-bond donors (Lipinski definition) is 2. The summed E-state index contributed by atoms with van der Waals surface area (Å²) in [6.07, 6.45) is 5.44. The van der Waals surface area contributed by atoms with Gasteiger partial charge in [0.15, 0.2) is 0 Å². The highest BCUT2D eigenvalue weighted by Gasteiger charge is 2.32. The van der Waals surface area contributed by atoms with Crippen molar-refractivity contribution in [2.24, 2.45) is 5.41 Å². The van der Waals surface area contributed by atoms with Crippen molar-refractivity contribution in [3.05, 3.63) is 66.0 Å². The third kappa shape index (κ3) is 3.96. The second-order valence-electron chi connectivity index (χ2n) is 6.28. The quantitative estimate of drug-likeness (QED) is 0.861. The molecule has 1 atom stereocenters. The summed E-state index contributed by atoms with van der Waals surface area (Å²) in [6, 6.07) is 14.6. The standard InChI is InChI=1S/C19H24N2O2/c22-15-19(8-12-23-13-9-19)14-21-18(16-4-2-1-3-5-16)17-6-10-20-11-7-17/h1-7,10-11,18,21-22H,8-9,12-15H2/t18-/m0/s1. The molecule has 2 aromatic rings. The molecule has 4 heteroatoms. The average molecular weight is 312 g/mol. The van der Waals surface area contributed by atoms with Crippen LogP contribution in [0.5, 0.6) is 0 Å². The first-order valence-electron chi connectivity index (χ1n) is 8.20. The van der Waals surface area contributed by atoms with Gasteiger partial charge in [-0.15, -0.1) is 0 Å². The fourth-order valence-electron chi connectivity index (χ4n) is 3.14. The zero-order chi connectivity index (χ0) is 16.0. The lowest BCUT2D eigenvalue weighted by Gasteiger charge is -2.37.